The normalized spacial score (nSPS) is 20.6. The average Bonchev–Trinajstić information content (AvgIpc) is 2.94. The zero-order valence-electron chi connectivity index (χ0n) is 10.9. The monoisotopic (exact) mass is 272 g/mol. The van der Waals surface area contributed by atoms with Crippen LogP contribution in [0.5, 0.6) is 0 Å². The molecule has 104 valence electrons. The third-order valence-electron chi connectivity index (χ3n) is 3.49. The Balaban J connectivity index is 1.70. The van der Waals surface area contributed by atoms with E-state index in [0.717, 1.165) is 11.1 Å². The van der Waals surface area contributed by atoms with Crippen LogP contribution in [0.15, 0.2) is 36.5 Å². The van der Waals surface area contributed by atoms with Crippen LogP contribution in [-0.2, 0) is 17.8 Å². The van der Waals surface area contributed by atoms with Gasteiger partial charge in [-0.25, -0.2) is 0 Å². The van der Waals surface area contributed by atoms with Crippen LogP contribution in [0.1, 0.15) is 17.2 Å². The van der Waals surface area contributed by atoms with Crippen molar-refractivity contribution in [2.45, 2.75) is 25.1 Å². The molecular weight excluding hydrogens is 256 g/mol. The van der Waals surface area contributed by atoms with Gasteiger partial charge in [-0.15, -0.1) is 0 Å². The van der Waals surface area contributed by atoms with Crippen molar-refractivity contribution in [1.29, 1.82) is 0 Å². The van der Waals surface area contributed by atoms with Crippen LogP contribution in [0, 0.1) is 0 Å². The number of nitrogens with zero attached hydrogens (tertiary/aromatic N) is 2. The molecule has 1 aliphatic carbocycles. The Bertz CT molecular complexity index is 638. The van der Waals surface area contributed by atoms with E-state index in [1.165, 1.54) is 4.68 Å². The predicted octanol–water partition coefficient (Wildman–Crippen LogP) is 0.240. The molecule has 0 saturated carbocycles. The van der Waals surface area contributed by atoms with E-state index in [9.17, 15) is 9.90 Å². The molecule has 6 nitrogen and oxygen atoms in total. The number of carbonyl (C=O) groups excluding carboxylic acids is 1. The van der Waals surface area contributed by atoms with Crippen LogP contribution < -0.4 is 11.1 Å². The van der Waals surface area contributed by atoms with E-state index in [2.05, 4.69) is 10.4 Å². The van der Waals surface area contributed by atoms with Gasteiger partial charge in [-0.3, -0.25) is 9.48 Å². The molecule has 0 aliphatic heterocycles. The number of rotatable bonds is 3. The SMILES string of the molecule is Nc1ccn(CC(=O)N[C@H]2c3ccccc3C[C@H]2O)n1. The Morgan fingerprint density at radius 3 is 3.00 bits per heavy atom. The van der Waals surface area contributed by atoms with Crippen molar-refractivity contribution in [3.8, 4) is 0 Å². The third kappa shape index (κ3) is 2.37. The standard InChI is InChI=1S/C14H16N4O2/c15-12-5-6-18(17-12)8-13(20)16-14-10-4-2-1-3-9(10)7-11(14)19/h1-6,11,14,19H,7-8H2,(H2,15,17)(H,16,20)/t11-,14+/m1/s1. The Kier molecular flexibility index (Phi) is 3.15. The zero-order valence-corrected chi connectivity index (χ0v) is 10.9. The lowest BCUT2D eigenvalue weighted by Gasteiger charge is -2.17. The number of amides is 1. The van der Waals surface area contributed by atoms with Crippen LogP contribution in [-0.4, -0.2) is 26.9 Å². The van der Waals surface area contributed by atoms with Gasteiger partial charge in [0.1, 0.15) is 12.4 Å². The first-order valence-corrected chi connectivity index (χ1v) is 6.47. The molecule has 0 bridgehead atoms. The minimum Gasteiger partial charge on any atom is -0.390 e. The first-order chi connectivity index (χ1) is 9.63. The third-order valence-corrected chi connectivity index (χ3v) is 3.49. The molecule has 1 amide bonds. The van der Waals surface area contributed by atoms with Gasteiger partial charge in [0.25, 0.3) is 0 Å². The molecule has 2 aromatic rings. The summed E-state index contributed by atoms with van der Waals surface area (Å²) in [7, 11) is 0. The van der Waals surface area contributed by atoms with Crippen LogP contribution in [0.25, 0.3) is 0 Å². The number of benzene rings is 1. The summed E-state index contributed by atoms with van der Waals surface area (Å²) in [5.74, 6) is 0.179. The van der Waals surface area contributed by atoms with E-state index in [4.69, 9.17) is 5.73 Å². The van der Waals surface area contributed by atoms with Gasteiger partial charge in [-0.1, -0.05) is 24.3 Å². The molecule has 0 unspecified atom stereocenters. The lowest BCUT2D eigenvalue weighted by Crippen LogP contribution is -2.36. The zero-order chi connectivity index (χ0) is 14.1. The lowest BCUT2D eigenvalue weighted by atomic mass is 10.1. The van der Waals surface area contributed by atoms with Gasteiger partial charge in [0, 0.05) is 12.6 Å². The molecule has 20 heavy (non-hydrogen) atoms. The van der Waals surface area contributed by atoms with Gasteiger partial charge in [-0.2, -0.15) is 5.10 Å². The summed E-state index contributed by atoms with van der Waals surface area (Å²) in [6.07, 6.45) is 1.63. The topological polar surface area (TPSA) is 93.2 Å². The number of aliphatic hydroxyl groups is 1. The fraction of sp³-hybridized carbons (Fsp3) is 0.286. The number of aliphatic hydroxyl groups excluding tert-OH is 1. The Hall–Kier alpha value is -2.34. The summed E-state index contributed by atoms with van der Waals surface area (Å²) in [5.41, 5.74) is 7.56. The van der Waals surface area contributed by atoms with Crippen molar-refractivity contribution >= 4 is 11.7 Å². The molecule has 4 N–H and O–H groups in total. The second kappa shape index (κ2) is 4.97. The fourth-order valence-electron chi connectivity index (χ4n) is 2.58. The number of aromatic nitrogens is 2. The van der Waals surface area contributed by atoms with Crippen molar-refractivity contribution in [3.05, 3.63) is 47.7 Å². The molecule has 6 heteroatoms. The summed E-state index contributed by atoms with van der Waals surface area (Å²) in [6.45, 7) is 0.0859. The molecule has 0 radical (unpaired) electrons. The van der Waals surface area contributed by atoms with E-state index in [1.54, 1.807) is 12.3 Å². The van der Waals surface area contributed by atoms with Crippen molar-refractivity contribution in [2.75, 3.05) is 5.73 Å². The molecule has 1 heterocycles. The number of fused-ring (bicyclic) bond motifs is 1. The first kappa shape index (κ1) is 12.7. The van der Waals surface area contributed by atoms with Crippen molar-refractivity contribution in [1.82, 2.24) is 15.1 Å². The first-order valence-electron chi connectivity index (χ1n) is 6.47. The minimum atomic E-state index is -0.584. The molecule has 0 saturated heterocycles. The second-order valence-electron chi connectivity index (χ2n) is 4.95. The summed E-state index contributed by atoms with van der Waals surface area (Å²) in [4.78, 5) is 12.0. The number of hydrogen-bond acceptors (Lipinski definition) is 4. The molecule has 3 rings (SSSR count). The van der Waals surface area contributed by atoms with Crippen molar-refractivity contribution in [2.24, 2.45) is 0 Å². The smallest absolute Gasteiger partial charge is 0.242 e. The molecule has 0 fully saturated rings. The van der Waals surface area contributed by atoms with Crippen molar-refractivity contribution < 1.29 is 9.90 Å². The van der Waals surface area contributed by atoms with Crippen molar-refractivity contribution in [3.63, 3.8) is 0 Å². The van der Waals surface area contributed by atoms with Crippen LogP contribution in [0.3, 0.4) is 0 Å². The summed E-state index contributed by atoms with van der Waals surface area (Å²) >= 11 is 0. The highest BCUT2D eigenvalue weighted by Gasteiger charge is 2.31. The number of nitrogens with two attached hydrogens (primary N) is 1. The molecular formula is C14H16N4O2. The summed E-state index contributed by atoms with van der Waals surface area (Å²) in [5, 5.41) is 16.9. The number of carbonyl (C=O) groups is 1. The van der Waals surface area contributed by atoms with Crippen LogP contribution in [0.2, 0.25) is 0 Å². The maximum atomic E-state index is 12.0. The quantitative estimate of drug-likeness (QED) is 0.746. The van der Waals surface area contributed by atoms with Gasteiger partial charge in [-0.05, 0) is 17.2 Å². The van der Waals surface area contributed by atoms with Gasteiger partial charge < -0.3 is 16.2 Å². The van der Waals surface area contributed by atoms with Gasteiger partial charge in [0.2, 0.25) is 5.91 Å². The lowest BCUT2D eigenvalue weighted by molar-refractivity contribution is -0.123. The Labute approximate surface area is 116 Å². The Morgan fingerprint density at radius 2 is 2.25 bits per heavy atom. The van der Waals surface area contributed by atoms with E-state index >= 15 is 0 Å². The van der Waals surface area contributed by atoms with Gasteiger partial charge in [0.05, 0.1) is 12.1 Å². The van der Waals surface area contributed by atoms with Crippen LogP contribution in [0.4, 0.5) is 5.82 Å². The minimum absolute atomic E-state index is 0.0859. The largest absolute Gasteiger partial charge is 0.390 e. The molecule has 1 aromatic carbocycles. The number of hydrogen-bond donors (Lipinski definition) is 3. The number of nitrogens with one attached hydrogen (secondary N) is 1. The fourth-order valence-corrected chi connectivity index (χ4v) is 2.58. The van der Waals surface area contributed by atoms with Gasteiger partial charge >= 0.3 is 0 Å². The van der Waals surface area contributed by atoms with E-state index in [1.807, 2.05) is 24.3 Å². The summed E-state index contributed by atoms with van der Waals surface area (Å²) in [6, 6.07) is 9.02. The highest BCUT2D eigenvalue weighted by Crippen LogP contribution is 2.31. The highest BCUT2D eigenvalue weighted by molar-refractivity contribution is 5.76. The van der Waals surface area contributed by atoms with E-state index in [-0.39, 0.29) is 18.5 Å². The molecule has 1 aliphatic rings. The average molecular weight is 272 g/mol. The second-order valence-corrected chi connectivity index (χ2v) is 4.95. The predicted molar refractivity (Wildman–Crippen MR) is 73.7 cm³/mol. The molecule has 1 aromatic heterocycles. The Morgan fingerprint density at radius 1 is 1.45 bits per heavy atom. The maximum Gasteiger partial charge on any atom is 0.242 e. The molecule has 0 spiro atoms. The highest BCUT2D eigenvalue weighted by atomic mass is 16.3. The van der Waals surface area contributed by atoms with E-state index in [0.29, 0.717) is 12.2 Å². The maximum absolute atomic E-state index is 12.0. The van der Waals surface area contributed by atoms with Crippen LogP contribution >= 0.6 is 0 Å². The van der Waals surface area contributed by atoms with Gasteiger partial charge in [0.15, 0.2) is 0 Å². The summed E-state index contributed by atoms with van der Waals surface area (Å²) < 4.78 is 1.47. The van der Waals surface area contributed by atoms with E-state index < -0.39 is 6.10 Å². The number of anilines is 1. The molecule has 2 atom stereocenters. The number of nitrogen functional groups attached to an aromatic ring is 1.